The molecule has 1 saturated heterocycles. The van der Waals surface area contributed by atoms with Crippen LogP contribution in [-0.4, -0.2) is 26.8 Å². The van der Waals surface area contributed by atoms with Crippen LogP contribution >= 0.6 is 0 Å². The van der Waals surface area contributed by atoms with Crippen LogP contribution in [-0.2, 0) is 10.2 Å². The molecule has 0 radical (unpaired) electrons. The molecule has 0 bridgehead atoms. The highest BCUT2D eigenvalue weighted by Crippen LogP contribution is 2.52. The summed E-state index contributed by atoms with van der Waals surface area (Å²) in [5.41, 5.74) is 3.04. The van der Waals surface area contributed by atoms with E-state index in [0.29, 0.717) is 6.61 Å². The molecule has 0 unspecified atom stereocenters. The Morgan fingerprint density at radius 2 is 2.20 bits per heavy atom. The highest BCUT2D eigenvalue weighted by molar-refractivity contribution is 5.46. The quantitative estimate of drug-likeness (QED) is 0.856. The number of ether oxygens (including phenoxy) is 2. The first-order valence-corrected chi connectivity index (χ1v) is 7.41. The van der Waals surface area contributed by atoms with E-state index in [-0.39, 0.29) is 11.5 Å². The van der Waals surface area contributed by atoms with Gasteiger partial charge >= 0.3 is 0 Å². The van der Waals surface area contributed by atoms with E-state index in [1.54, 1.807) is 7.11 Å². The molecule has 108 valence electrons. The van der Waals surface area contributed by atoms with Crippen LogP contribution in [0.1, 0.15) is 36.5 Å². The smallest absolute Gasteiger partial charge is 0.119 e. The maximum atomic E-state index is 6.00. The Morgan fingerprint density at radius 1 is 1.40 bits per heavy atom. The fraction of sp³-hybridized carbons (Fsp3) is 0.529. The van der Waals surface area contributed by atoms with E-state index in [9.17, 15) is 0 Å². The van der Waals surface area contributed by atoms with Gasteiger partial charge in [-0.1, -0.05) is 12.1 Å². The minimum Gasteiger partial charge on any atom is -0.497 e. The first-order valence-electron chi connectivity index (χ1n) is 7.41. The van der Waals surface area contributed by atoms with Gasteiger partial charge in [-0.15, -0.1) is 6.58 Å². The van der Waals surface area contributed by atoms with Crippen LogP contribution < -0.4 is 10.1 Å². The third-order valence-electron chi connectivity index (χ3n) is 4.73. The van der Waals surface area contributed by atoms with E-state index in [1.165, 1.54) is 24.0 Å². The number of nitrogens with one attached hydrogen (secondary N) is 1. The molecule has 2 aliphatic rings. The molecule has 1 spiro atoms. The highest BCUT2D eigenvalue weighted by Gasteiger charge is 2.44. The molecule has 1 aliphatic carbocycles. The third-order valence-corrected chi connectivity index (χ3v) is 4.73. The standard InChI is InChI=1S/C17H23NO2/c1-3-10-20-16-12-17(6-8-18-9-7-17)15-11-13(19-2)4-5-14(15)16/h3-5,11,16,18H,1,6-10,12H2,2H3/t16-/m1/s1. The topological polar surface area (TPSA) is 30.5 Å². The van der Waals surface area contributed by atoms with Crippen LogP contribution in [0, 0.1) is 0 Å². The predicted octanol–water partition coefficient (Wildman–Crippen LogP) is 2.96. The number of benzene rings is 1. The number of rotatable bonds is 4. The van der Waals surface area contributed by atoms with Crippen molar-refractivity contribution >= 4 is 0 Å². The summed E-state index contributed by atoms with van der Waals surface area (Å²) in [4.78, 5) is 0. The molecule has 3 nitrogen and oxygen atoms in total. The molecule has 1 N–H and O–H groups in total. The second-order valence-corrected chi connectivity index (χ2v) is 5.80. The Kier molecular flexibility index (Phi) is 3.81. The number of hydrogen-bond donors (Lipinski definition) is 1. The van der Waals surface area contributed by atoms with Gasteiger partial charge in [-0.05, 0) is 55.6 Å². The zero-order chi connectivity index (χ0) is 14.0. The minimum absolute atomic E-state index is 0.201. The molecule has 0 saturated carbocycles. The fourth-order valence-corrected chi connectivity index (χ4v) is 3.69. The number of fused-ring (bicyclic) bond motifs is 2. The van der Waals surface area contributed by atoms with E-state index < -0.39 is 0 Å². The first kappa shape index (κ1) is 13.7. The molecule has 1 aliphatic heterocycles. The summed E-state index contributed by atoms with van der Waals surface area (Å²) < 4.78 is 11.4. The van der Waals surface area contributed by atoms with Gasteiger partial charge in [-0.3, -0.25) is 0 Å². The van der Waals surface area contributed by atoms with Crippen molar-refractivity contribution in [1.29, 1.82) is 0 Å². The zero-order valence-corrected chi connectivity index (χ0v) is 12.2. The maximum absolute atomic E-state index is 6.00. The number of hydrogen-bond acceptors (Lipinski definition) is 3. The maximum Gasteiger partial charge on any atom is 0.119 e. The van der Waals surface area contributed by atoms with Gasteiger partial charge in [0.05, 0.1) is 19.8 Å². The summed E-state index contributed by atoms with van der Waals surface area (Å²) in [6, 6.07) is 6.44. The molecule has 1 aromatic carbocycles. The van der Waals surface area contributed by atoms with Crippen molar-refractivity contribution in [2.75, 3.05) is 26.8 Å². The lowest BCUT2D eigenvalue weighted by molar-refractivity contribution is 0.0577. The summed E-state index contributed by atoms with van der Waals surface area (Å²) >= 11 is 0. The highest BCUT2D eigenvalue weighted by atomic mass is 16.5. The molecule has 1 atom stereocenters. The van der Waals surface area contributed by atoms with Crippen LogP contribution in [0.25, 0.3) is 0 Å². The number of piperidine rings is 1. The first-order chi connectivity index (χ1) is 9.79. The molecule has 1 fully saturated rings. The van der Waals surface area contributed by atoms with Crippen LogP contribution in [0.3, 0.4) is 0 Å². The summed E-state index contributed by atoms with van der Waals surface area (Å²) in [7, 11) is 1.73. The van der Waals surface area contributed by atoms with Crippen molar-refractivity contribution in [1.82, 2.24) is 5.32 Å². The summed E-state index contributed by atoms with van der Waals surface area (Å²) in [6.07, 6.45) is 5.48. The average molecular weight is 273 g/mol. The molecule has 20 heavy (non-hydrogen) atoms. The average Bonchev–Trinajstić information content (AvgIpc) is 2.79. The van der Waals surface area contributed by atoms with E-state index in [0.717, 1.165) is 25.3 Å². The van der Waals surface area contributed by atoms with Gasteiger partial charge in [-0.2, -0.15) is 0 Å². The van der Waals surface area contributed by atoms with Gasteiger partial charge in [0, 0.05) is 5.41 Å². The predicted molar refractivity (Wildman–Crippen MR) is 80.3 cm³/mol. The van der Waals surface area contributed by atoms with Crippen LogP contribution in [0.15, 0.2) is 30.9 Å². The molecular weight excluding hydrogens is 250 g/mol. The van der Waals surface area contributed by atoms with Gasteiger partial charge in [0.1, 0.15) is 5.75 Å². The monoisotopic (exact) mass is 273 g/mol. The van der Waals surface area contributed by atoms with Gasteiger partial charge in [0.25, 0.3) is 0 Å². The van der Waals surface area contributed by atoms with Crippen molar-refractivity contribution in [2.45, 2.75) is 30.8 Å². The Hall–Kier alpha value is -1.32. The lowest BCUT2D eigenvalue weighted by atomic mass is 9.74. The number of methoxy groups -OCH3 is 1. The summed E-state index contributed by atoms with van der Waals surface area (Å²) in [5, 5.41) is 3.47. The minimum atomic E-state index is 0.201. The Morgan fingerprint density at radius 3 is 2.90 bits per heavy atom. The Bertz CT molecular complexity index is 492. The molecule has 1 aromatic rings. The van der Waals surface area contributed by atoms with Gasteiger partial charge in [0.15, 0.2) is 0 Å². The van der Waals surface area contributed by atoms with E-state index in [1.807, 2.05) is 12.1 Å². The van der Waals surface area contributed by atoms with E-state index in [4.69, 9.17) is 9.47 Å². The lowest BCUT2D eigenvalue weighted by Gasteiger charge is -2.35. The second kappa shape index (κ2) is 5.58. The van der Waals surface area contributed by atoms with Crippen LogP contribution in [0.4, 0.5) is 0 Å². The van der Waals surface area contributed by atoms with Crippen molar-refractivity contribution < 1.29 is 9.47 Å². The van der Waals surface area contributed by atoms with Gasteiger partial charge in [0.2, 0.25) is 0 Å². The zero-order valence-electron chi connectivity index (χ0n) is 12.2. The largest absolute Gasteiger partial charge is 0.497 e. The van der Waals surface area contributed by atoms with Crippen LogP contribution in [0.2, 0.25) is 0 Å². The molecule has 0 aromatic heterocycles. The fourth-order valence-electron chi connectivity index (χ4n) is 3.69. The Balaban J connectivity index is 1.97. The van der Waals surface area contributed by atoms with Crippen molar-refractivity contribution in [3.63, 3.8) is 0 Å². The molecule has 0 amide bonds. The SMILES string of the molecule is C=CCO[C@@H]1CC2(CCNCC2)c2cc(OC)ccc21. The molecule has 3 heteroatoms. The van der Waals surface area contributed by atoms with Crippen LogP contribution in [0.5, 0.6) is 5.75 Å². The lowest BCUT2D eigenvalue weighted by Crippen LogP contribution is -2.38. The Labute approximate surface area is 121 Å². The second-order valence-electron chi connectivity index (χ2n) is 5.80. The molecular formula is C17H23NO2. The van der Waals surface area contributed by atoms with Crippen molar-refractivity contribution in [3.8, 4) is 5.75 Å². The third kappa shape index (κ3) is 2.25. The van der Waals surface area contributed by atoms with E-state index in [2.05, 4.69) is 24.0 Å². The van der Waals surface area contributed by atoms with Crippen molar-refractivity contribution in [3.05, 3.63) is 42.0 Å². The molecule has 1 heterocycles. The van der Waals surface area contributed by atoms with Gasteiger partial charge in [-0.25, -0.2) is 0 Å². The van der Waals surface area contributed by atoms with Gasteiger partial charge < -0.3 is 14.8 Å². The van der Waals surface area contributed by atoms with E-state index >= 15 is 0 Å². The van der Waals surface area contributed by atoms with Crippen molar-refractivity contribution in [2.24, 2.45) is 0 Å². The molecule has 3 rings (SSSR count). The normalized spacial score (nSPS) is 23.6. The summed E-state index contributed by atoms with van der Waals surface area (Å²) in [6.45, 7) is 6.55. The summed E-state index contributed by atoms with van der Waals surface area (Å²) in [5.74, 6) is 0.950.